The van der Waals surface area contributed by atoms with Gasteiger partial charge < -0.3 is 19.7 Å². The maximum Gasteiger partial charge on any atom is 0.322 e. The van der Waals surface area contributed by atoms with E-state index in [-0.39, 0.29) is 16.6 Å². The fourth-order valence-electron chi connectivity index (χ4n) is 4.41. The van der Waals surface area contributed by atoms with Crippen molar-refractivity contribution in [2.45, 2.75) is 38.6 Å². The van der Waals surface area contributed by atoms with Crippen molar-refractivity contribution < 1.29 is 32.3 Å². The molecule has 0 saturated heterocycles. The molecule has 0 fully saturated rings. The van der Waals surface area contributed by atoms with Crippen molar-refractivity contribution in [2.24, 2.45) is 5.92 Å². The highest BCUT2D eigenvalue weighted by atomic mass is 32.2. The van der Waals surface area contributed by atoms with Crippen molar-refractivity contribution in [3.63, 3.8) is 0 Å². The number of aryl methyl sites for hydroxylation is 1. The Kier molecular flexibility index (Phi) is 8.32. The zero-order valence-electron chi connectivity index (χ0n) is 23.3. The van der Waals surface area contributed by atoms with Crippen LogP contribution >= 0.6 is 0 Å². The Balaban J connectivity index is 1.50. The van der Waals surface area contributed by atoms with E-state index >= 15 is 0 Å². The minimum Gasteiger partial charge on any atom is -0.480 e. The number of aliphatic carboxylic acids is 1. The van der Waals surface area contributed by atoms with Gasteiger partial charge in [0.1, 0.15) is 11.6 Å². The normalized spacial score (nSPS) is 12.3. The quantitative estimate of drug-likeness (QED) is 0.253. The molecule has 4 aromatic rings. The summed E-state index contributed by atoms with van der Waals surface area (Å²) in [4.78, 5) is 37.9. The number of sulfonamides is 1. The summed E-state index contributed by atoms with van der Waals surface area (Å²) in [6.07, 6.45) is 0. The minimum atomic E-state index is -4.03. The number of benzene rings is 3. The van der Waals surface area contributed by atoms with Gasteiger partial charge in [-0.2, -0.15) is 4.72 Å². The molecule has 0 aliphatic heterocycles. The van der Waals surface area contributed by atoms with E-state index in [1.165, 1.54) is 24.0 Å². The molecule has 0 spiro atoms. The summed E-state index contributed by atoms with van der Waals surface area (Å²) >= 11 is 0. The third-order valence-electron chi connectivity index (χ3n) is 6.83. The second kappa shape index (κ2) is 11.6. The van der Waals surface area contributed by atoms with Crippen LogP contribution in [0.2, 0.25) is 0 Å². The molecule has 10 nitrogen and oxygen atoms in total. The molecule has 4 rings (SSSR count). The van der Waals surface area contributed by atoms with Gasteiger partial charge in [-0.15, -0.1) is 0 Å². The van der Waals surface area contributed by atoms with Crippen molar-refractivity contribution in [1.82, 2.24) is 4.72 Å². The third kappa shape index (κ3) is 6.16. The Morgan fingerprint density at radius 1 is 0.927 bits per heavy atom. The highest BCUT2D eigenvalue weighted by Crippen LogP contribution is 2.34. The van der Waals surface area contributed by atoms with Crippen LogP contribution in [0.3, 0.4) is 0 Å². The fourth-order valence-corrected chi connectivity index (χ4v) is 5.75. The Hall–Kier alpha value is -4.48. The average Bonchev–Trinajstić information content (AvgIpc) is 3.28. The van der Waals surface area contributed by atoms with Gasteiger partial charge in [-0.25, -0.2) is 8.42 Å². The lowest BCUT2D eigenvalue weighted by molar-refractivity contribution is -0.140. The average molecular weight is 578 g/mol. The number of nitrogens with zero attached hydrogens (tertiary/aromatic N) is 1. The van der Waals surface area contributed by atoms with Gasteiger partial charge >= 0.3 is 5.97 Å². The summed E-state index contributed by atoms with van der Waals surface area (Å²) in [6, 6.07) is 17.1. The van der Waals surface area contributed by atoms with Crippen molar-refractivity contribution in [2.75, 3.05) is 17.3 Å². The summed E-state index contributed by atoms with van der Waals surface area (Å²) in [7, 11) is -2.36. The number of anilines is 2. The number of amides is 2. The highest BCUT2D eigenvalue weighted by molar-refractivity contribution is 7.89. The summed E-state index contributed by atoms with van der Waals surface area (Å²) in [5, 5.41) is 12.8. The lowest BCUT2D eigenvalue weighted by Gasteiger charge is -2.18. The number of hydrogen-bond donors (Lipinski definition) is 3. The van der Waals surface area contributed by atoms with Gasteiger partial charge in [-0.3, -0.25) is 14.4 Å². The zero-order valence-corrected chi connectivity index (χ0v) is 24.1. The molecule has 0 unspecified atom stereocenters. The van der Waals surface area contributed by atoms with Crippen LogP contribution in [-0.4, -0.2) is 44.4 Å². The predicted octanol–water partition coefficient (Wildman–Crippen LogP) is 5.03. The van der Waals surface area contributed by atoms with Crippen LogP contribution in [0.5, 0.6) is 0 Å². The van der Waals surface area contributed by atoms with Crippen LogP contribution in [0.25, 0.3) is 22.1 Å². The maximum absolute atomic E-state index is 13.1. The molecule has 1 aromatic heterocycles. The van der Waals surface area contributed by atoms with E-state index in [1.807, 2.05) is 0 Å². The number of carboxylic acids is 1. The number of hydrogen-bond acceptors (Lipinski definition) is 6. The first-order valence-corrected chi connectivity index (χ1v) is 14.3. The van der Waals surface area contributed by atoms with Crippen LogP contribution in [0, 0.1) is 12.8 Å². The molecule has 0 bridgehead atoms. The number of carboxylic acid groups (broad SMARTS) is 1. The van der Waals surface area contributed by atoms with E-state index in [2.05, 4.69) is 10.0 Å². The van der Waals surface area contributed by atoms with E-state index in [9.17, 15) is 27.9 Å². The first kappa shape index (κ1) is 29.5. The second-order valence-electron chi connectivity index (χ2n) is 10.0. The van der Waals surface area contributed by atoms with Crippen molar-refractivity contribution in [1.29, 1.82) is 0 Å². The smallest absolute Gasteiger partial charge is 0.322 e. The van der Waals surface area contributed by atoms with Crippen molar-refractivity contribution in [3.8, 4) is 11.1 Å². The number of carbonyl (C=O) groups excluding carboxylic acids is 2. The molecule has 3 N–H and O–H groups in total. The van der Waals surface area contributed by atoms with E-state index in [0.717, 1.165) is 11.1 Å². The lowest BCUT2D eigenvalue weighted by Crippen LogP contribution is -2.44. The number of carbonyl (C=O) groups is 3. The fraction of sp³-hybridized carbons (Fsp3) is 0.233. The largest absolute Gasteiger partial charge is 0.480 e. The Labute approximate surface area is 238 Å². The van der Waals surface area contributed by atoms with E-state index < -0.39 is 33.9 Å². The third-order valence-corrected chi connectivity index (χ3v) is 8.28. The topological polar surface area (TPSA) is 146 Å². The lowest BCUT2D eigenvalue weighted by atomic mass is 10.1. The molecule has 0 radical (unpaired) electrons. The molecule has 41 heavy (non-hydrogen) atoms. The zero-order chi connectivity index (χ0) is 30.1. The second-order valence-corrected chi connectivity index (χ2v) is 11.7. The van der Waals surface area contributed by atoms with Crippen molar-refractivity contribution in [3.05, 3.63) is 78.1 Å². The molecule has 0 aliphatic carbocycles. The van der Waals surface area contributed by atoms with Gasteiger partial charge in [0.15, 0.2) is 5.76 Å². The van der Waals surface area contributed by atoms with Crippen LogP contribution in [-0.2, 0) is 19.6 Å². The molecular formula is C30H31N3O7S. The number of fused-ring (bicyclic) bond motifs is 1. The highest BCUT2D eigenvalue weighted by Gasteiger charge is 2.28. The SMILES string of the molecule is CC(=O)N(C)c1cccc2oc(C(=O)Nc3ccc(-c4ccc(S(=O)(=O)N[C@H](C(=O)O)C(C)C)cc4)cc3)c(C)c12. The number of nitrogens with one attached hydrogen (secondary N) is 2. The molecule has 2 amide bonds. The first-order valence-electron chi connectivity index (χ1n) is 12.8. The van der Waals surface area contributed by atoms with Gasteiger partial charge in [0.05, 0.1) is 10.6 Å². The van der Waals surface area contributed by atoms with Crippen LogP contribution in [0.1, 0.15) is 36.9 Å². The van der Waals surface area contributed by atoms with E-state index in [1.54, 1.807) is 82.4 Å². The number of rotatable bonds is 9. The molecule has 0 saturated carbocycles. The Morgan fingerprint density at radius 2 is 1.51 bits per heavy atom. The predicted molar refractivity (Wildman–Crippen MR) is 156 cm³/mol. The van der Waals surface area contributed by atoms with Crippen LogP contribution < -0.4 is 14.9 Å². The molecule has 214 valence electrons. The molecule has 1 atom stereocenters. The van der Waals surface area contributed by atoms with Gasteiger partial charge in [-0.05, 0) is 60.4 Å². The summed E-state index contributed by atoms with van der Waals surface area (Å²) in [5.41, 5.74) is 3.80. The van der Waals surface area contributed by atoms with Gasteiger partial charge in [0, 0.05) is 30.6 Å². The van der Waals surface area contributed by atoms with Gasteiger partial charge in [-0.1, -0.05) is 44.2 Å². The molecule has 1 heterocycles. The molecule has 11 heteroatoms. The maximum atomic E-state index is 13.1. The van der Waals surface area contributed by atoms with Crippen molar-refractivity contribution >= 4 is 50.2 Å². The van der Waals surface area contributed by atoms with E-state index in [4.69, 9.17) is 4.42 Å². The minimum absolute atomic E-state index is 0.0455. The summed E-state index contributed by atoms with van der Waals surface area (Å²) in [5.74, 6) is -2.11. The molecule has 0 aliphatic rings. The summed E-state index contributed by atoms with van der Waals surface area (Å²) in [6.45, 7) is 6.48. The van der Waals surface area contributed by atoms with Crippen LogP contribution in [0.4, 0.5) is 11.4 Å². The van der Waals surface area contributed by atoms with E-state index in [0.29, 0.717) is 27.9 Å². The molecule has 3 aromatic carbocycles. The monoisotopic (exact) mass is 577 g/mol. The van der Waals surface area contributed by atoms with Gasteiger partial charge in [0.2, 0.25) is 15.9 Å². The number of furan rings is 1. The first-order chi connectivity index (χ1) is 19.3. The Morgan fingerprint density at radius 3 is 2.05 bits per heavy atom. The van der Waals surface area contributed by atoms with Crippen LogP contribution in [0.15, 0.2) is 76.0 Å². The summed E-state index contributed by atoms with van der Waals surface area (Å²) < 4.78 is 33.5. The molecular weight excluding hydrogens is 546 g/mol. The van der Waals surface area contributed by atoms with Gasteiger partial charge in [0.25, 0.3) is 5.91 Å². The Bertz CT molecular complexity index is 1720. The standard InChI is InChI=1S/C30H31N3O7S/c1-17(2)27(30(36)37)32-41(38,39)23-15-11-21(12-16-23)20-9-13-22(14-10-20)31-29(35)28-18(3)26-24(33(5)19(4)34)7-6-8-25(26)40-28/h6-17,27,32H,1-5H3,(H,31,35)(H,36,37)/t27-/m0/s1.